The van der Waals surface area contributed by atoms with E-state index in [0.717, 1.165) is 11.1 Å². The lowest BCUT2D eigenvalue weighted by molar-refractivity contribution is -0.384. The van der Waals surface area contributed by atoms with Crippen molar-refractivity contribution < 1.29 is 9.66 Å². The van der Waals surface area contributed by atoms with Gasteiger partial charge in [-0.1, -0.05) is 12.1 Å². The van der Waals surface area contributed by atoms with E-state index in [9.17, 15) is 10.1 Å². The van der Waals surface area contributed by atoms with Crippen LogP contribution in [0, 0.1) is 17.0 Å². The Morgan fingerprint density at radius 3 is 2.58 bits per heavy atom. The Hall–Kier alpha value is -2.40. The van der Waals surface area contributed by atoms with Crippen molar-refractivity contribution in [2.45, 2.75) is 13.5 Å². The van der Waals surface area contributed by atoms with Crippen LogP contribution in [0.3, 0.4) is 0 Å². The van der Waals surface area contributed by atoms with E-state index in [0.29, 0.717) is 18.0 Å². The first-order valence-electron chi connectivity index (χ1n) is 5.82. The molecule has 5 nitrogen and oxygen atoms in total. The Balaban J connectivity index is 2.23. The maximum Gasteiger partial charge on any atom is 0.273 e. The number of aryl methyl sites for hydroxylation is 1. The van der Waals surface area contributed by atoms with Gasteiger partial charge in [-0.05, 0) is 36.2 Å². The molecule has 2 aromatic carbocycles. The predicted molar refractivity (Wildman–Crippen MR) is 72.2 cm³/mol. The van der Waals surface area contributed by atoms with E-state index in [4.69, 9.17) is 10.5 Å². The van der Waals surface area contributed by atoms with Gasteiger partial charge in [0.25, 0.3) is 5.69 Å². The molecule has 98 valence electrons. The highest BCUT2D eigenvalue weighted by Gasteiger charge is 2.07. The molecule has 0 radical (unpaired) electrons. The minimum Gasteiger partial charge on any atom is -0.457 e. The Bertz CT molecular complexity index is 611. The van der Waals surface area contributed by atoms with Crippen molar-refractivity contribution >= 4 is 5.69 Å². The molecule has 2 rings (SSSR count). The number of ether oxygens (including phenoxy) is 1. The summed E-state index contributed by atoms with van der Waals surface area (Å²) in [4.78, 5) is 10.2. The molecule has 0 heterocycles. The number of nitrogens with two attached hydrogens (primary N) is 1. The number of hydrogen-bond donors (Lipinski definition) is 1. The van der Waals surface area contributed by atoms with Crippen molar-refractivity contribution in [1.29, 1.82) is 0 Å². The third-order valence-electron chi connectivity index (χ3n) is 2.80. The van der Waals surface area contributed by atoms with Crippen LogP contribution in [-0.4, -0.2) is 4.92 Å². The second kappa shape index (κ2) is 5.49. The molecule has 0 aliphatic carbocycles. The minimum absolute atomic E-state index is 0.00722. The van der Waals surface area contributed by atoms with Gasteiger partial charge in [-0.15, -0.1) is 0 Å². The third-order valence-corrected chi connectivity index (χ3v) is 2.80. The SMILES string of the molecule is Cc1cc(Oc2cccc([N+](=O)[O-])c2)ccc1CN. The predicted octanol–water partition coefficient (Wildman–Crippen LogP) is 3.15. The smallest absolute Gasteiger partial charge is 0.273 e. The van der Waals surface area contributed by atoms with Gasteiger partial charge in [0.2, 0.25) is 0 Å². The van der Waals surface area contributed by atoms with Gasteiger partial charge in [0, 0.05) is 12.6 Å². The largest absolute Gasteiger partial charge is 0.457 e. The summed E-state index contributed by atoms with van der Waals surface area (Å²) in [5, 5.41) is 10.7. The normalized spacial score (nSPS) is 10.2. The van der Waals surface area contributed by atoms with E-state index in [1.54, 1.807) is 18.2 Å². The second-order valence-electron chi connectivity index (χ2n) is 4.15. The van der Waals surface area contributed by atoms with Crippen LogP contribution in [0.5, 0.6) is 11.5 Å². The van der Waals surface area contributed by atoms with Gasteiger partial charge in [-0.3, -0.25) is 10.1 Å². The highest BCUT2D eigenvalue weighted by Crippen LogP contribution is 2.26. The molecule has 0 saturated heterocycles. The van der Waals surface area contributed by atoms with Crippen LogP contribution in [0.25, 0.3) is 0 Å². The van der Waals surface area contributed by atoms with Crippen LogP contribution in [-0.2, 0) is 6.54 Å². The number of benzene rings is 2. The maximum atomic E-state index is 10.7. The van der Waals surface area contributed by atoms with E-state index in [1.807, 2.05) is 19.1 Å². The fraction of sp³-hybridized carbons (Fsp3) is 0.143. The topological polar surface area (TPSA) is 78.4 Å². The van der Waals surface area contributed by atoms with Gasteiger partial charge >= 0.3 is 0 Å². The molecule has 2 aromatic rings. The van der Waals surface area contributed by atoms with Gasteiger partial charge in [0.15, 0.2) is 0 Å². The lowest BCUT2D eigenvalue weighted by Gasteiger charge is -2.08. The van der Waals surface area contributed by atoms with Crippen molar-refractivity contribution in [2.24, 2.45) is 5.73 Å². The molecule has 0 bridgehead atoms. The molecule has 0 unspecified atom stereocenters. The lowest BCUT2D eigenvalue weighted by Crippen LogP contribution is -1.99. The average molecular weight is 258 g/mol. The molecular weight excluding hydrogens is 244 g/mol. The fourth-order valence-corrected chi connectivity index (χ4v) is 1.76. The monoisotopic (exact) mass is 258 g/mol. The molecule has 0 fully saturated rings. The molecule has 19 heavy (non-hydrogen) atoms. The summed E-state index contributed by atoms with van der Waals surface area (Å²) in [6, 6.07) is 11.6. The van der Waals surface area contributed by atoms with Crippen LogP contribution in [0.2, 0.25) is 0 Å². The van der Waals surface area contributed by atoms with E-state index in [1.165, 1.54) is 12.1 Å². The zero-order chi connectivity index (χ0) is 13.8. The summed E-state index contributed by atoms with van der Waals surface area (Å²) >= 11 is 0. The molecule has 0 aliphatic heterocycles. The van der Waals surface area contributed by atoms with Gasteiger partial charge < -0.3 is 10.5 Å². The van der Waals surface area contributed by atoms with E-state index in [2.05, 4.69) is 0 Å². The Kier molecular flexibility index (Phi) is 3.77. The van der Waals surface area contributed by atoms with E-state index >= 15 is 0 Å². The van der Waals surface area contributed by atoms with E-state index < -0.39 is 4.92 Å². The molecule has 0 saturated carbocycles. The summed E-state index contributed by atoms with van der Waals surface area (Å²) in [6.45, 7) is 2.42. The highest BCUT2D eigenvalue weighted by molar-refractivity contribution is 5.42. The van der Waals surface area contributed by atoms with Gasteiger partial charge in [-0.2, -0.15) is 0 Å². The summed E-state index contributed by atoms with van der Waals surface area (Å²) < 4.78 is 5.60. The molecule has 0 atom stereocenters. The van der Waals surface area contributed by atoms with Gasteiger partial charge in [-0.25, -0.2) is 0 Å². The van der Waals surface area contributed by atoms with Crippen LogP contribution in [0.15, 0.2) is 42.5 Å². The average Bonchev–Trinajstić information content (AvgIpc) is 2.39. The Morgan fingerprint density at radius 1 is 1.21 bits per heavy atom. The number of hydrogen-bond acceptors (Lipinski definition) is 4. The molecule has 0 aliphatic rings. The van der Waals surface area contributed by atoms with Gasteiger partial charge in [0.05, 0.1) is 11.0 Å². The quantitative estimate of drug-likeness (QED) is 0.675. The van der Waals surface area contributed by atoms with Crippen molar-refractivity contribution in [3.63, 3.8) is 0 Å². The summed E-state index contributed by atoms with van der Waals surface area (Å²) in [5.41, 5.74) is 7.68. The first-order valence-corrected chi connectivity index (χ1v) is 5.82. The van der Waals surface area contributed by atoms with Crippen molar-refractivity contribution in [3.8, 4) is 11.5 Å². The Labute approximate surface area is 110 Å². The molecular formula is C14H14N2O3. The van der Waals surface area contributed by atoms with Crippen molar-refractivity contribution in [3.05, 3.63) is 63.7 Å². The summed E-state index contributed by atoms with van der Waals surface area (Å²) in [6.07, 6.45) is 0. The minimum atomic E-state index is -0.449. The van der Waals surface area contributed by atoms with Crippen LogP contribution >= 0.6 is 0 Å². The van der Waals surface area contributed by atoms with Crippen molar-refractivity contribution in [1.82, 2.24) is 0 Å². The lowest BCUT2D eigenvalue weighted by atomic mass is 10.1. The fourth-order valence-electron chi connectivity index (χ4n) is 1.76. The first kappa shape index (κ1) is 13.0. The van der Waals surface area contributed by atoms with Gasteiger partial charge in [0.1, 0.15) is 11.5 Å². The molecule has 0 aromatic heterocycles. The van der Waals surface area contributed by atoms with Crippen molar-refractivity contribution in [2.75, 3.05) is 0 Å². The molecule has 2 N–H and O–H groups in total. The zero-order valence-electron chi connectivity index (χ0n) is 10.5. The first-order chi connectivity index (χ1) is 9.10. The van der Waals surface area contributed by atoms with E-state index in [-0.39, 0.29) is 5.69 Å². The molecule has 0 amide bonds. The molecule has 5 heteroatoms. The highest BCUT2D eigenvalue weighted by atomic mass is 16.6. The molecule has 0 spiro atoms. The van der Waals surface area contributed by atoms with Crippen LogP contribution in [0.1, 0.15) is 11.1 Å². The number of nitrogens with zero attached hydrogens (tertiary/aromatic N) is 1. The number of nitro benzene ring substituents is 1. The number of non-ortho nitro benzene ring substituents is 1. The Morgan fingerprint density at radius 2 is 1.95 bits per heavy atom. The summed E-state index contributed by atoms with van der Waals surface area (Å²) in [7, 11) is 0. The van der Waals surface area contributed by atoms with Crippen LogP contribution in [0.4, 0.5) is 5.69 Å². The van der Waals surface area contributed by atoms with Crippen LogP contribution < -0.4 is 10.5 Å². The third kappa shape index (κ3) is 3.08. The number of rotatable bonds is 4. The standard InChI is InChI=1S/C14H14N2O3/c1-10-7-14(6-5-11(10)9-15)19-13-4-2-3-12(8-13)16(17)18/h2-8H,9,15H2,1H3. The summed E-state index contributed by atoms with van der Waals surface area (Å²) in [5.74, 6) is 1.07. The number of nitro groups is 1. The maximum absolute atomic E-state index is 10.7. The zero-order valence-corrected chi connectivity index (χ0v) is 10.5. The second-order valence-corrected chi connectivity index (χ2v) is 4.15.